The van der Waals surface area contributed by atoms with Crippen LogP contribution in [0.15, 0.2) is 23.1 Å². The van der Waals surface area contributed by atoms with E-state index in [-0.39, 0.29) is 5.56 Å². The second-order valence-corrected chi connectivity index (χ2v) is 2.02. The number of H-pyrrole nitrogens is 1. The number of hydrogen-bond donors (Lipinski definition) is 2. The van der Waals surface area contributed by atoms with Crippen molar-refractivity contribution in [2.75, 3.05) is 12.1 Å². The number of aromatic amines is 1. The number of hydrazine groups is 1. The molecule has 0 amide bonds. The summed E-state index contributed by atoms with van der Waals surface area (Å²) >= 11 is 0. The average molecular weight is 139 g/mol. The van der Waals surface area contributed by atoms with Crippen molar-refractivity contribution < 1.29 is 0 Å². The molecule has 4 heteroatoms. The first-order chi connectivity index (χ1) is 4.70. The van der Waals surface area contributed by atoms with Crippen LogP contribution in [0.2, 0.25) is 0 Å². The summed E-state index contributed by atoms with van der Waals surface area (Å²) < 4.78 is 0. The van der Waals surface area contributed by atoms with Crippen molar-refractivity contribution in [3.8, 4) is 0 Å². The lowest BCUT2D eigenvalue weighted by molar-refractivity contribution is 1.00. The Bertz CT molecular complexity index is 245. The predicted octanol–water partition coefficient (Wildman–Crippen LogP) is -0.315. The first-order valence-electron chi connectivity index (χ1n) is 2.87. The number of rotatable bonds is 1. The number of anilines is 1. The van der Waals surface area contributed by atoms with Gasteiger partial charge >= 0.3 is 0 Å². The van der Waals surface area contributed by atoms with E-state index in [9.17, 15) is 4.79 Å². The zero-order valence-electron chi connectivity index (χ0n) is 5.66. The van der Waals surface area contributed by atoms with Crippen LogP contribution in [0.25, 0.3) is 0 Å². The predicted molar refractivity (Wildman–Crippen MR) is 39.7 cm³/mol. The van der Waals surface area contributed by atoms with Crippen LogP contribution in [-0.2, 0) is 0 Å². The number of aromatic nitrogens is 1. The summed E-state index contributed by atoms with van der Waals surface area (Å²) in [7, 11) is 1.70. The minimum Gasteiger partial charge on any atom is -0.327 e. The molecule has 0 aliphatic heterocycles. The van der Waals surface area contributed by atoms with Crippen LogP contribution in [0.3, 0.4) is 0 Å². The molecule has 10 heavy (non-hydrogen) atoms. The molecule has 0 aliphatic rings. The lowest BCUT2D eigenvalue weighted by atomic mass is 10.4. The first-order valence-corrected chi connectivity index (χ1v) is 2.87. The van der Waals surface area contributed by atoms with E-state index in [0.717, 1.165) is 5.69 Å². The molecule has 0 bridgehead atoms. The molecule has 0 aromatic carbocycles. The molecule has 1 heterocycles. The van der Waals surface area contributed by atoms with Gasteiger partial charge in [-0.3, -0.25) is 4.79 Å². The Balaban J connectivity index is 3.00. The maximum Gasteiger partial charge on any atom is 0.248 e. The largest absolute Gasteiger partial charge is 0.327 e. The molecular formula is C6H9N3O. The van der Waals surface area contributed by atoms with Crippen molar-refractivity contribution in [2.24, 2.45) is 5.84 Å². The lowest BCUT2D eigenvalue weighted by Crippen LogP contribution is -2.25. The highest BCUT2D eigenvalue weighted by Crippen LogP contribution is 2.01. The molecule has 0 saturated heterocycles. The Kier molecular flexibility index (Phi) is 1.73. The second kappa shape index (κ2) is 2.53. The van der Waals surface area contributed by atoms with Crippen molar-refractivity contribution >= 4 is 5.69 Å². The zero-order valence-corrected chi connectivity index (χ0v) is 5.66. The minimum atomic E-state index is -0.120. The fourth-order valence-electron chi connectivity index (χ4n) is 0.622. The average Bonchev–Trinajstić information content (AvgIpc) is 1.88. The molecule has 4 nitrogen and oxygen atoms in total. The van der Waals surface area contributed by atoms with Crippen molar-refractivity contribution in [1.29, 1.82) is 0 Å². The highest BCUT2D eigenvalue weighted by Gasteiger charge is 1.91. The molecule has 3 N–H and O–H groups in total. The molecule has 0 saturated carbocycles. The zero-order chi connectivity index (χ0) is 7.56. The van der Waals surface area contributed by atoms with Crippen LogP contribution >= 0.6 is 0 Å². The Labute approximate surface area is 58.2 Å². The van der Waals surface area contributed by atoms with Gasteiger partial charge in [0.15, 0.2) is 0 Å². The fourth-order valence-corrected chi connectivity index (χ4v) is 0.622. The summed E-state index contributed by atoms with van der Waals surface area (Å²) in [6.45, 7) is 0. The Morgan fingerprint density at radius 1 is 1.60 bits per heavy atom. The Morgan fingerprint density at radius 2 is 2.30 bits per heavy atom. The van der Waals surface area contributed by atoms with Gasteiger partial charge in [0.25, 0.3) is 0 Å². The minimum absolute atomic E-state index is 0.120. The van der Waals surface area contributed by atoms with Crippen LogP contribution < -0.4 is 16.4 Å². The number of hydrogen-bond acceptors (Lipinski definition) is 3. The number of nitrogens with two attached hydrogens (primary N) is 1. The second-order valence-electron chi connectivity index (χ2n) is 2.02. The van der Waals surface area contributed by atoms with Crippen molar-refractivity contribution in [1.82, 2.24) is 4.98 Å². The Morgan fingerprint density at radius 3 is 2.70 bits per heavy atom. The van der Waals surface area contributed by atoms with Crippen LogP contribution in [0.4, 0.5) is 5.69 Å². The molecule has 0 spiro atoms. The smallest absolute Gasteiger partial charge is 0.248 e. The molecule has 0 radical (unpaired) electrons. The van der Waals surface area contributed by atoms with Gasteiger partial charge in [0.05, 0.1) is 5.69 Å². The summed E-state index contributed by atoms with van der Waals surface area (Å²) in [5.41, 5.74) is 0.658. The highest BCUT2D eigenvalue weighted by atomic mass is 16.1. The molecule has 54 valence electrons. The van der Waals surface area contributed by atoms with Gasteiger partial charge in [0.2, 0.25) is 5.56 Å². The summed E-state index contributed by atoms with van der Waals surface area (Å²) in [6, 6.07) is 3.08. The standard InChI is InChI=1S/C6H9N3O/c1-9(7)5-2-3-6(10)8-4-5/h2-4H,7H2,1H3,(H,8,10). The van der Waals surface area contributed by atoms with E-state index in [1.54, 1.807) is 19.3 Å². The normalized spacial score (nSPS) is 9.40. The maximum atomic E-state index is 10.5. The third kappa shape index (κ3) is 1.35. The van der Waals surface area contributed by atoms with Crippen LogP contribution in [0.5, 0.6) is 0 Å². The summed E-state index contributed by atoms with van der Waals surface area (Å²) in [4.78, 5) is 13.0. The Hall–Kier alpha value is -1.29. The molecule has 1 rings (SSSR count). The third-order valence-electron chi connectivity index (χ3n) is 1.18. The van der Waals surface area contributed by atoms with Crippen LogP contribution in [0, 0.1) is 0 Å². The first kappa shape index (κ1) is 6.82. The van der Waals surface area contributed by atoms with Crippen molar-refractivity contribution in [3.63, 3.8) is 0 Å². The third-order valence-corrected chi connectivity index (χ3v) is 1.18. The van der Waals surface area contributed by atoms with E-state index in [2.05, 4.69) is 4.98 Å². The molecule has 1 aromatic rings. The van der Waals surface area contributed by atoms with Gasteiger partial charge in [-0.15, -0.1) is 0 Å². The van der Waals surface area contributed by atoms with Gasteiger partial charge in [-0.05, 0) is 6.07 Å². The maximum absolute atomic E-state index is 10.5. The fraction of sp³-hybridized carbons (Fsp3) is 0.167. The van der Waals surface area contributed by atoms with Crippen molar-refractivity contribution in [2.45, 2.75) is 0 Å². The van der Waals surface area contributed by atoms with E-state index in [1.165, 1.54) is 11.1 Å². The molecule has 0 atom stereocenters. The van der Waals surface area contributed by atoms with Crippen LogP contribution in [-0.4, -0.2) is 12.0 Å². The topological polar surface area (TPSA) is 62.1 Å². The highest BCUT2D eigenvalue weighted by molar-refractivity contribution is 5.40. The van der Waals surface area contributed by atoms with Gasteiger partial charge in [0, 0.05) is 19.3 Å². The number of nitrogens with zero attached hydrogens (tertiary/aromatic N) is 1. The molecule has 1 aromatic heterocycles. The van der Waals surface area contributed by atoms with E-state index < -0.39 is 0 Å². The van der Waals surface area contributed by atoms with E-state index in [0.29, 0.717) is 0 Å². The monoisotopic (exact) mass is 139 g/mol. The van der Waals surface area contributed by atoms with Gasteiger partial charge in [-0.25, -0.2) is 5.84 Å². The van der Waals surface area contributed by atoms with Gasteiger partial charge in [0.1, 0.15) is 0 Å². The van der Waals surface area contributed by atoms with Crippen molar-refractivity contribution in [3.05, 3.63) is 28.7 Å². The number of nitrogens with one attached hydrogen (secondary N) is 1. The SMILES string of the molecule is CN(N)c1ccc(=O)[nH]c1. The van der Waals surface area contributed by atoms with E-state index in [1.807, 2.05) is 0 Å². The van der Waals surface area contributed by atoms with E-state index in [4.69, 9.17) is 5.84 Å². The quantitative estimate of drug-likeness (QED) is 0.414. The van der Waals surface area contributed by atoms with E-state index >= 15 is 0 Å². The molecule has 0 fully saturated rings. The number of pyridine rings is 1. The summed E-state index contributed by atoms with van der Waals surface area (Å²) in [5, 5.41) is 1.43. The molecule has 0 aliphatic carbocycles. The summed E-state index contributed by atoms with van der Waals surface area (Å²) in [5.74, 6) is 5.38. The molecule has 0 unspecified atom stereocenters. The van der Waals surface area contributed by atoms with Gasteiger partial charge in [-0.2, -0.15) is 0 Å². The van der Waals surface area contributed by atoms with Gasteiger partial charge < -0.3 is 9.99 Å². The van der Waals surface area contributed by atoms with Gasteiger partial charge in [-0.1, -0.05) is 0 Å². The lowest BCUT2D eigenvalue weighted by Gasteiger charge is -2.09. The molecular weight excluding hydrogens is 130 g/mol. The van der Waals surface area contributed by atoms with Crippen LogP contribution in [0.1, 0.15) is 0 Å². The summed E-state index contributed by atoms with van der Waals surface area (Å²) in [6.07, 6.45) is 1.56.